The highest BCUT2D eigenvalue weighted by Gasteiger charge is 2.39. The van der Waals surface area contributed by atoms with Crippen LogP contribution in [0.2, 0.25) is 0 Å². The fourth-order valence-electron chi connectivity index (χ4n) is 1.88. The first-order valence-corrected chi connectivity index (χ1v) is 4.80. The molecule has 0 spiro atoms. The van der Waals surface area contributed by atoms with E-state index in [4.69, 9.17) is 0 Å². The van der Waals surface area contributed by atoms with Gasteiger partial charge in [0.1, 0.15) is 5.60 Å². The summed E-state index contributed by atoms with van der Waals surface area (Å²) in [4.78, 5) is 22.6. The maximum atomic E-state index is 11.4. The largest absolute Gasteiger partial charge is 0.380 e. The lowest BCUT2D eigenvalue weighted by atomic mass is 9.76. The zero-order chi connectivity index (χ0) is 11.0. The Bertz CT molecular complexity index is 269. The number of aliphatic hydroxyl groups is 1. The Morgan fingerprint density at radius 1 is 1.29 bits per heavy atom. The number of nitrogens with one attached hydrogen (secondary N) is 1. The normalized spacial score (nSPS) is 33.1. The molecule has 80 valence electrons. The van der Waals surface area contributed by atoms with Crippen molar-refractivity contribution in [2.24, 2.45) is 5.41 Å². The highest BCUT2D eigenvalue weighted by atomic mass is 16.3. The van der Waals surface area contributed by atoms with E-state index in [9.17, 15) is 14.7 Å². The van der Waals surface area contributed by atoms with E-state index in [1.807, 2.05) is 13.8 Å². The second-order valence-corrected chi connectivity index (χ2v) is 4.99. The summed E-state index contributed by atoms with van der Waals surface area (Å²) < 4.78 is 0. The van der Waals surface area contributed by atoms with Gasteiger partial charge in [0.15, 0.2) is 0 Å². The van der Waals surface area contributed by atoms with Crippen LogP contribution in [-0.4, -0.2) is 22.5 Å². The molecule has 1 rings (SSSR count). The molecule has 0 bridgehead atoms. The lowest BCUT2D eigenvalue weighted by Gasteiger charge is -2.34. The summed E-state index contributed by atoms with van der Waals surface area (Å²) in [7, 11) is 0. The average molecular weight is 199 g/mol. The summed E-state index contributed by atoms with van der Waals surface area (Å²) in [5.74, 6) is -0.890. The number of rotatable bonds is 0. The van der Waals surface area contributed by atoms with Gasteiger partial charge in [0.25, 0.3) is 5.91 Å². The summed E-state index contributed by atoms with van der Waals surface area (Å²) in [6.45, 7) is 5.35. The number of hydrogen-bond donors (Lipinski definition) is 2. The molecule has 4 nitrogen and oxygen atoms in total. The zero-order valence-corrected chi connectivity index (χ0v) is 8.89. The van der Waals surface area contributed by atoms with E-state index in [1.165, 1.54) is 6.92 Å². The quantitative estimate of drug-likeness (QED) is 0.561. The molecule has 0 aromatic carbocycles. The molecule has 1 aliphatic rings. The monoisotopic (exact) mass is 199 g/mol. The van der Waals surface area contributed by atoms with Crippen LogP contribution in [0.5, 0.6) is 0 Å². The molecule has 0 radical (unpaired) electrons. The lowest BCUT2D eigenvalue weighted by molar-refractivity contribution is -0.147. The Morgan fingerprint density at radius 2 is 1.86 bits per heavy atom. The second-order valence-electron chi connectivity index (χ2n) is 4.99. The van der Waals surface area contributed by atoms with E-state index in [-0.39, 0.29) is 11.3 Å². The van der Waals surface area contributed by atoms with Gasteiger partial charge < -0.3 is 5.11 Å². The molecule has 4 heteroatoms. The Balaban J connectivity index is 2.89. The van der Waals surface area contributed by atoms with Gasteiger partial charge in [-0.1, -0.05) is 13.8 Å². The molecular weight excluding hydrogens is 182 g/mol. The molecule has 1 fully saturated rings. The van der Waals surface area contributed by atoms with Crippen LogP contribution in [0.25, 0.3) is 0 Å². The van der Waals surface area contributed by atoms with Crippen molar-refractivity contribution in [3.63, 3.8) is 0 Å². The van der Waals surface area contributed by atoms with Crippen LogP contribution in [0.3, 0.4) is 0 Å². The van der Waals surface area contributed by atoms with Crippen LogP contribution >= 0.6 is 0 Å². The van der Waals surface area contributed by atoms with Crippen LogP contribution in [-0.2, 0) is 9.59 Å². The number of amides is 2. The topological polar surface area (TPSA) is 66.4 Å². The molecule has 0 aromatic rings. The van der Waals surface area contributed by atoms with Gasteiger partial charge in [-0.2, -0.15) is 0 Å². The molecule has 14 heavy (non-hydrogen) atoms. The third-order valence-corrected chi connectivity index (χ3v) is 2.59. The third-order valence-electron chi connectivity index (χ3n) is 2.59. The molecule has 1 atom stereocenters. The molecule has 1 heterocycles. The van der Waals surface area contributed by atoms with Crippen LogP contribution < -0.4 is 5.32 Å². The minimum absolute atomic E-state index is 0.184. The number of carbonyl (C=O) groups excluding carboxylic acids is 2. The van der Waals surface area contributed by atoms with Gasteiger partial charge in [0.05, 0.1) is 0 Å². The first-order chi connectivity index (χ1) is 6.23. The maximum absolute atomic E-state index is 11.4. The summed E-state index contributed by atoms with van der Waals surface area (Å²) in [5, 5.41) is 12.0. The molecule has 0 aliphatic carbocycles. The standard InChI is InChI=1S/C10H17NO3/c1-9(2)5-4-7(12)11-8(13)10(3,14)6-9/h14H,4-6H2,1-3H3,(H,11,12,13). The van der Waals surface area contributed by atoms with E-state index in [0.717, 1.165) is 0 Å². The summed E-state index contributed by atoms with van der Waals surface area (Å²) in [6, 6.07) is 0. The van der Waals surface area contributed by atoms with Crippen molar-refractivity contribution in [2.45, 2.75) is 45.6 Å². The zero-order valence-electron chi connectivity index (χ0n) is 8.89. The Hall–Kier alpha value is -0.900. The number of hydrogen-bond acceptors (Lipinski definition) is 3. The smallest absolute Gasteiger partial charge is 0.258 e. The molecule has 1 saturated heterocycles. The van der Waals surface area contributed by atoms with Gasteiger partial charge in [-0.3, -0.25) is 14.9 Å². The average Bonchev–Trinajstić information content (AvgIpc) is 1.98. The van der Waals surface area contributed by atoms with E-state index in [0.29, 0.717) is 19.3 Å². The SMILES string of the molecule is CC1(C)CCC(=O)NC(=O)C(C)(O)C1. The molecule has 0 saturated carbocycles. The molecule has 1 unspecified atom stereocenters. The summed E-state index contributed by atoms with van der Waals surface area (Å²) >= 11 is 0. The Morgan fingerprint density at radius 3 is 2.43 bits per heavy atom. The predicted molar refractivity (Wildman–Crippen MR) is 51.4 cm³/mol. The first-order valence-electron chi connectivity index (χ1n) is 4.80. The van der Waals surface area contributed by atoms with Crippen molar-refractivity contribution in [1.82, 2.24) is 5.32 Å². The lowest BCUT2D eigenvalue weighted by Crippen LogP contribution is -2.51. The van der Waals surface area contributed by atoms with Crippen molar-refractivity contribution in [1.29, 1.82) is 0 Å². The van der Waals surface area contributed by atoms with Gasteiger partial charge in [0, 0.05) is 6.42 Å². The molecule has 1 aliphatic heterocycles. The Labute approximate surface area is 83.7 Å². The fraction of sp³-hybridized carbons (Fsp3) is 0.800. The minimum atomic E-state index is -1.44. The third kappa shape index (κ3) is 2.54. The fourth-order valence-corrected chi connectivity index (χ4v) is 1.88. The van der Waals surface area contributed by atoms with Crippen molar-refractivity contribution in [3.05, 3.63) is 0 Å². The summed E-state index contributed by atoms with van der Waals surface area (Å²) in [5.41, 5.74) is -1.63. The van der Waals surface area contributed by atoms with Crippen LogP contribution in [0.1, 0.15) is 40.0 Å². The van der Waals surface area contributed by atoms with Crippen LogP contribution in [0, 0.1) is 5.41 Å². The van der Waals surface area contributed by atoms with E-state index in [1.54, 1.807) is 0 Å². The minimum Gasteiger partial charge on any atom is -0.380 e. The number of carbonyl (C=O) groups is 2. The first kappa shape index (κ1) is 11.2. The molecule has 2 N–H and O–H groups in total. The highest BCUT2D eigenvalue weighted by molar-refractivity contribution is 5.99. The van der Waals surface area contributed by atoms with E-state index in [2.05, 4.69) is 5.32 Å². The molecule has 2 amide bonds. The van der Waals surface area contributed by atoms with Crippen LogP contribution in [0.4, 0.5) is 0 Å². The van der Waals surface area contributed by atoms with E-state index < -0.39 is 11.5 Å². The van der Waals surface area contributed by atoms with Gasteiger partial charge in [-0.25, -0.2) is 0 Å². The molecule has 0 aromatic heterocycles. The Kier molecular flexibility index (Phi) is 2.67. The highest BCUT2D eigenvalue weighted by Crippen LogP contribution is 2.33. The van der Waals surface area contributed by atoms with Gasteiger partial charge in [-0.15, -0.1) is 0 Å². The van der Waals surface area contributed by atoms with Crippen molar-refractivity contribution in [3.8, 4) is 0 Å². The number of imide groups is 1. The summed E-state index contributed by atoms with van der Waals surface area (Å²) in [6.07, 6.45) is 1.40. The van der Waals surface area contributed by atoms with Crippen LogP contribution in [0.15, 0.2) is 0 Å². The van der Waals surface area contributed by atoms with Gasteiger partial charge >= 0.3 is 0 Å². The maximum Gasteiger partial charge on any atom is 0.258 e. The predicted octanol–water partition coefficient (Wildman–Crippen LogP) is 0.590. The molecular formula is C10H17NO3. The van der Waals surface area contributed by atoms with Crippen molar-refractivity contribution in [2.75, 3.05) is 0 Å². The van der Waals surface area contributed by atoms with Gasteiger partial charge in [0.2, 0.25) is 5.91 Å². The van der Waals surface area contributed by atoms with Gasteiger partial charge in [-0.05, 0) is 25.2 Å². The van der Waals surface area contributed by atoms with Crippen molar-refractivity contribution < 1.29 is 14.7 Å². The van der Waals surface area contributed by atoms with E-state index >= 15 is 0 Å². The van der Waals surface area contributed by atoms with Crippen molar-refractivity contribution >= 4 is 11.8 Å². The second kappa shape index (κ2) is 3.35.